The lowest BCUT2D eigenvalue weighted by Crippen LogP contribution is -2.41. The summed E-state index contributed by atoms with van der Waals surface area (Å²) in [6, 6.07) is 6.01. The molecule has 0 aromatic heterocycles. The highest BCUT2D eigenvalue weighted by atomic mass is 19.4. The number of benzene rings is 1. The summed E-state index contributed by atoms with van der Waals surface area (Å²) in [5, 5.41) is 11.8. The van der Waals surface area contributed by atoms with E-state index in [4.69, 9.17) is 10.00 Å². The summed E-state index contributed by atoms with van der Waals surface area (Å²) in [6.45, 7) is 0. The van der Waals surface area contributed by atoms with Gasteiger partial charge in [0.25, 0.3) is 0 Å². The summed E-state index contributed by atoms with van der Waals surface area (Å²) in [5.74, 6) is -0.952. The van der Waals surface area contributed by atoms with Crippen LogP contribution in [0.1, 0.15) is 31.2 Å². The predicted octanol–water partition coefficient (Wildman–Crippen LogP) is 4.10. The second-order valence-electron chi connectivity index (χ2n) is 5.21. The highest BCUT2D eigenvalue weighted by molar-refractivity contribution is 5.60. The average molecular weight is 298 g/mol. The molecule has 1 N–H and O–H groups in total. The number of methoxy groups -OCH3 is 1. The first kappa shape index (κ1) is 15.5. The van der Waals surface area contributed by atoms with Crippen molar-refractivity contribution in [1.29, 1.82) is 5.26 Å². The predicted molar refractivity (Wildman–Crippen MR) is 73.1 cm³/mol. The topological polar surface area (TPSA) is 45.0 Å². The molecule has 1 aliphatic rings. The fourth-order valence-electron chi connectivity index (χ4n) is 2.78. The van der Waals surface area contributed by atoms with Gasteiger partial charge in [0.2, 0.25) is 0 Å². The molecule has 1 saturated carbocycles. The Morgan fingerprint density at radius 2 is 2.00 bits per heavy atom. The van der Waals surface area contributed by atoms with Crippen molar-refractivity contribution < 1.29 is 17.9 Å². The SMILES string of the molecule is COc1cc(C#N)ccc1NC1CCCCC1C(F)(F)F. The summed E-state index contributed by atoms with van der Waals surface area (Å²) in [5.41, 5.74) is 0.908. The Hall–Kier alpha value is -1.90. The van der Waals surface area contributed by atoms with Crippen LogP contribution in [0.2, 0.25) is 0 Å². The number of hydrogen-bond donors (Lipinski definition) is 1. The minimum Gasteiger partial charge on any atom is -0.495 e. The van der Waals surface area contributed by atoms with Crippen molar-refractivity contribution in [2.24, 2.45) is 5.92 Å². The van der Waals surface area contributed by atoms with Gasteiger partial charge in [-0.25, -0.2) is 0 Å². The zero-order chi connectivity index (χ0) is 15.5. The van der Waals surface area contributed by atoms with Crippen LogP contribution < -0.4 is 10.1 Å². The van der Waals surface area contributed by atoms with E-state index in [9.17, 15) is 13.2 Å². The van der Waals surface area contributed by atoms with E-state index in [2.05, 4.69) is 5.32 Å². The van der Waals surface area contributed by atoms with E-state index < -0.39 is 18.1 Å². The van der Waals surface area contributed by atoms with Crippen LogP contribution in [0.15, 0.2) is 18.2 Å². The number of alkyl halides is 3. The van der Waals surface area contributed by atoms with Crippen molar-refractivity contribution >= 4 is 5.69 Å². The number of nitrogens with one attached hydrogen (secondary N) is 1. The number of nitrogens with zero attached hydrogens (tertiary/aromatic N) is 1. The van der Waals surface area contributed by atoms with Gasteiger partial charge in [-0.15, -0.1) is 0 Å². The van der Waals surface area contributed by atoms with Gasteiger partial charge < -0.3 is 10.1 Å². The Bertz CT molecular complexity index is 537. The number of anilines is 1. The van der Waals surface area contributed by atoms with Crippen molar-refractivity contribution in [2.45, 2.75) is 37.9 Å². The standard InChI is InChI=1S/C15H17F3N2O/c1-21-14-8-10(9-19)6-7-13(14)20-12-5-3-2-4-11(12)15(16,17)18/h6-8,11-12,20H,2-5H2,1H3. The van der Waals surface area contributed by atoms with E-state index in [0.717, 1.165) is 6.42 Å². The lowest BCUT2D eigenvalue weighted by atomic mass is 9.84. The largest absolute Gasteiger partial charge is 0.495 e. The van der Waals surface area contributed by atoms with Gasteiger partial charge in [0, 0.05) is 12.1 Å². The van der Waals surface area contributed by atoms with E-state index in [1.165, 1.54) is 13.2 Å². The number of rotatable bonds is 3. The number of halogens is 3. The lowest BCUT2D eigenvalue weighted by Gasteiger charge is -2.34. The van der Waals surface area contributed by atoms with Gasteiger partial charge in [0.05, 0.1) is 30.3 Å². The minimum atomic E-state index is -4.20. The molecule has 2 rings (SSSR count). The molecule has 6 heteroatoms. The number of hydrogen-bond acceptors (Lipinski definition) is 3. The van der Waals surface area contributed by atoms with Crippen LogP contribution in [0.25, 0.3) is 0 Å². The highest BCUT2D eigenvalue weighted by Crippen LogP contribution is 2.40. The van der Waals surface area contributed by atoms with Crippen LogP contribution in [-0.2, 0) is 0 Å². The Morgan fingerprint density at radius 3 is 2.62 bits per heavy atom. The molecule has 0 heterocycles. The molecular weight excluding hydrogens is 281 g/mol. The maximum absolute atomic E-state index is 13.1. The fraction of sp³-hybridized carbons (Fsp3) is 0.533. The highest BCUT2D eigenvalue weighted by Gasteiger charge is 2.45. The van der Waals surface area contributed by atoms with Crippen LogP contribution in [0, 0.1) is 17.2 Å². The Morgan fingerprint density at radius 1 is 1.29 bits per heavy atom. The van der Waals surface area contributed by atoms with Crippen LogP contribution in [0.3, 0.4) is 0 Å². The van der Waals surface area contributed by atoms with Crippen LogP contribution >= 0.6 is 0 Å². The van der Waals surface area contributed by atoms with Gasteiger partial charge in [0.15, 0.2) is 0 Å². The fourth-order valence-corrected chi connectivity index (χ4v) is 2.78. The maximum Gasteiger partial charge on any atom is 0.393 e. The third-order valence-corrected chi connectivity index (χ3v) is 3.86. The minimum absolute atomic E-state index is 0.153. The molecule has 21 heavy (non-hydrogen) atoms. The van der Waals surface area contributed by atoms with Crippen LogP contribution in [0.5, 0.6) is 5.75 Å². The zero-order valence-corrected chi connectivity index (χ0v) is 11.7. The summed E-state index contributed by atoms with van der Waals surface area (Å²) in [6.07, 6.45) is -2.18. The molecule has 1 fully saturated rings. The molecule has 0 spiro atoms. The summed E-state index contributed by atoms with van der Waals surface area (Å²) in [7, 11) is 1.43. The average Bonchev–Trinajstić information content (AvgIpc) is 2.47. The van der Waals surface area contributed by atoms with Gasteiger partial charge in [-0.2, -0.15) is 18.4 Å². The molecule has 0 amide bonds. The number of nitriles is 1. The van der Waals surface area contributed by atoms with Crippen LogP contribution in [-0.4, -0.2) is 19.3 Å². The third-order valence-electron chi connectivity index (χ3n) is 3.86. The molecule has 1 aromatic carbocycles. The van der Waals surface area contributed by atoms with Crippen LogP contribution in [0.4, 0.5) is 18.9 Å². The summed E-state index contributed by atoms with van der Waals surface area (Å²) >= 11 is 0. The summed E-state index contributed by atoms with van der Waals surface area (Å²) < 4.78 is 44.4. The normalized spacial score (nSPS) is 22.4. The van der Waals surface area contributed by atoms with Gasteiger partial charge in [-0.3, -0.25) is 0 Å². The van der Waals surface area contributed by atoms with Gasteiger partial charge in [-0.1, -0.05) is 12.8 Å². The first-order valence-electron chi connectivity index (χ1n) is 6.87. The molecule has 1 aliphatic carbocycles. The van der Waals surface area contributed by atoms with Crippen molar-refractivity contribution in [3.05, 3.63) is 23.8 Å². The van der Waals surface area contributed by atoms with Crippen molar-refractivity contribution in [2.75, 3.05) is 12.4 Å². The van der Waals surface area contributed by atoms with E-state index in [0.29, 0.717) is 29.8 Å². The first-order valence-corrected chi connectivity index (χ1v) is 6.87. The van der Waals surface area contributed by atoms with Crippen molar-refractivity contribution in [3.8, 4) is 11.8 Å². The zero-order valence-electron chi connectivity index (χ0n) is 11.7. The second-order valence-corrected chi connectivity index (χ2v) is 5.21. The summed E-state index contributed by atoms with van der Waals surface area (Å²) in [4.78, 5) is 0. The molecule has 114 valence electrons. The molecule has 0 radical (unpaired) electrons. The molecule has 2 unspecified atom stereocenters. The van der Waals surface area contributed by atoms with Gasteiger partial charge in [0.1, 0.15) is 5.75 Å². The monoisotopic (exact) mass is 298 g/mol. The smallest absolute Gasteiger partial charge is 0.393 e. The van der Waals surface area contributed by atoms with Gasteiger partial charge >= 0.3 is 6.18 Å². The van der Waals surface area contributed by atoms with Crippen molar-refractivity contribution in [3.63, 3.8) is 0 Å². The third kappa shape index (κ3) is 3.60. The molecule has 1 aromatic rings. The molecule has 0 bridgehead atoms. The van der Waals surface area contributed by atoms with E-state index in [1.54, 1.807) is 12.1 Å². The van der Waals surface area contributed by atoms with Crippen molar-refractivity contribution in [1.82, 2.24) is 0 Å². The second kappa shape index (κ2) is 6.25. The first-order chi connectivity index (χ1) is 9.95. The van der Waals surface area contributed by atoms with E-state index >= 15 is 0 Å². The molecule has 0 aliphatic heterocycles. The Balaban J connectivity index is 2.21. The Labute approximate surface area is 121 Å². The molecule has 2 atom stereocenters. The van der Waals surface area contributed by atoms with E-state index in [-0.39, 0.29) is 6.42 Å². The molecule has 3 nitrogen and oxygen atoms in total. The van der Waals surface area contributed by atoms with Gasteiger partial charge in [-0.05, 0) is 25.0 Å². The molecular formula is C15H17F3N2O. The lowest BCUT2D eigenvalue weighted by molar-refractivity contribution is -0.184. The van der Waals surface area contributed by atoms with E-state index in [1.807, 2.05) is 6.07 Å². The number of ether oxygens (including phenoxy) is 1. The quantitative estimate of drug-likeness (QED) is 0.913. The molecule has 0 saturated heterocycles. The Kier molecular flexibility index (Phi) is 4.61. The maximum atomic E-state index is 13.1.